The van der Waals surface area contributed by atoms with Gasteiger partial charge >= 0.3 is 0 Å². The van der Waals surface area contributed by atoms with Crippen molar-refractivity contribution in [3.05, 3.63) is 59.4 Å². The molecule has 0 radical (unpaired) electrons. The van der Waals surface area contributed by atoms with Crippen LogP contribution in [-0.2, 0) is 13.1 Å². The minimum absolute atomic E-state index is 0.0516. The number of nitrogens with one attached hydrogen (secondary N) is 1. The van der Waals surface area contributed by atoms with Crippen molar-refractivity contribution in [2.75, 3.05) is 19.6 Å². The number of amides is 1. The Labute approximate surface area is 169 Å². The summed E-state index contributed by atoms with van der Waals surface area (Å²) in [5.41, 5.74) is 2.76. The van der Waals surface area contributed by atoms with Gasteiger partial charge in [0.1, 0.15) is 11.6 Å². The molecular weight excluding hydrogens is 366 g/mol. The molecule has 0 unspecified atom stereocenters. The van der Waals surface area contributed by atoms with E-state index in [9.17, 15) is 4.79 Å². The average Bonchev–Trinajstić information content (AvgIpc) is 3.41. The van der Waals surface area contributed by atoms with Gasteiger partial charge in [-0.05, 0) is 31.4 Å². The molecule has 8 heteroatoms. The van der Waals surface area contributed by atoms with Crippen LogP contribution < -0.4 is 5.32 Å². The second-order valence-corrected chi connectivity index (χ2v) is 7.83. The van der Waals surface area contributed by atoms with Gasteiger partial charge in [-0.3, -0.25) is 4.79 Å². The molecule has 2 aliphatic heterocycles. The third kappa shape index (κ3) is 3.33. The molecule has 0 bridgehead atoms. The van der Waals surface area contributed by atoms with E-state index in [1.54, 1.807) is 10.9 Å². The number of carbonyl (C=O) groups is 1. The first-order valence-corrected chi connectivity index (χ1v) is 10.2. The van der Waals surface area contributed by atoms with Gasteiger partial charge in [0, 0.05) is 38.3 Å². The molecule has 150 valence electrons. The average molecular weight is 391 g/mol. The number of aromatic nitrogens is 5. The molecule has 1 fully saturated rings. The lowest BCUT2D eigenvalue weighted by molar-refractivity contribution is 0.0710. The van der Waals surface area contributed by atoms with Crippen molar-refractivity contribution in [1.82, 2.24) is 34.8 Å². The molecular formula is C21H25N7O. The van der Waals surface area contributed by atoms with E-state index in [1.165, 1.54) is 0 Å². The zero-order chi connectivity index (χ0) is 19.8. The van der Waals surface area contributed by atoms with Crippen molar-refractivity contribution in [2.45, 2.75) is 38.8 Å². The van der Waals surface area contributed by atoms with E-state index < -0.39 is 0 Å². The number of aryl methyl sites for hydroxylation is 1. The van der Waals surface area contributed by atoms with Gasteiger partial charge in [0.15, 0.2) is 0 Å². The van der Waals surface area contributed by atoms with Crippen LogP contribution in [0, 0.1) is 6.92 Å². The molecule has 1 N–H and O–H groups in total. The number of hydrogen-bond acceptors (Lipinski definition) is 5. The predicted molar refractivity (Wildman–Crippen MR) is 108 cm³/mol. The fourth-order valence-electron chi connectivity index (χ4n) is 4.33. The lowest BCUT2D eigenvalue weighted by Gasteiger charge is -2.31. The molecule has 0 atom stereocenters. The zero-order valence-electron chi connectivity index (χ0n) is 16.6. The van der Waals surface area contributed by atoms with Crippen molar-refractivity contribution >= 4 is 5.91 Å². The summed E-state index contributed by atoms with van der Waals surface area (Å²) in [6.45, 7) is 6.19. The normalized spacial score (nSPS) is 17.3. The molecule has 1 saturated heterocycles. The number of likely N-dealkylation sites (tertiary alicyclic amines) is 1. The summed E-state index contributed by atoms with van der Waals surface area (Å²) in [5, 5.41) is 16.5. The van der Waals surface area contributed by atoms with Crippen LogP contribution in [0.15, 0.2) is 36.7 Å². The summed E-state index contributed by atoms with van der Waals surface area (Å²) in [6.07, 6.45) is 5.34. The second kappa shape index (κ2) is 7.44. The second-order valence-electron chi connectivity index (χ2n) is 7.83. The van der Waals surface area contributed by atoms with Crippen molar-refractivity contribution < 1.29 is 4.79 Å². The SMILES string of the molecule is Cc1ccccc1-n1cc(C(=O)N2CCC(c3nnc4n3CCNC4)CC2)cn1. The van der Waals surface area contributed by atoms with E-state index in [-0.39, 0.29) is 5.91 Å². The van der Waals surface area contributed by atoms with Crippen LogP contribution in [0.2, 0.25) is 0 Å². The molecule has 1 aromatic carbocycles. The molecule has 8 nitrogen and oxygen atoms in total. The van der Waals surface area contributed by atoms with E-state index in [1.807, 2.05) is 42.3 Å². The topological polar surface area (TPSA) is 80.9 Å². The molecule has 0 aliphatic carbocycles. The number of nitrogens with zero attached hydrogens (tertiary/aromatic N) is 6. The highest BCUT2D eigenvalue weighted by Crippen LogP contribution is 2.28. The first-order chi connectivity index (χ1) is 14.2. The molecule has 2 aromatic heterocycles. The van der Waals surface area contributed by atoms with Crippen molar-refractivity contribution in [3.63, 3.8) is 0 Å². The van der Waals surface area contributed by atoms with Crippen LogP contribution in [0.3, 0.4) is 0 Å². The van der Waals surface area contributed by atoms with Crippen LogP contribution in [0.25, 0.3) is 5.69 Å². The van der Waals surface area contributed by atoms with E-state index in [2.05, 4.69) is 25.2 Å². The van der Waals surface area contributed by atoms with Crippen LogP contribution >= 0.6 is 0 Å². The van der Waals surface area contributed by atoms with E-state index in [0.717, 1.165) is 68.5 Å². The Balaban J connectivity index is 1.26. The lowest BCUT2D eigenvalue weighted by Crippen LogP contribution is -2.38. The smallest absolute Gasteiger partial charge is 0.257 e. The Morgan fingerprint density at radius 2 is 1.97 bits per heavy atom. The zero-order valence-corrected chi connectivity index (χ0v) is 16.6. The van der Waals surface area contributed by atoms with Gasteiger partial charge in [-0.1, -0.05) is 18.2 Å². The Morgan fingerprint density at radius 1 is 1.14 bits per heavy atom. The molecule has 0 spiro atoms. The standard InChI is InChI=1S/C21H25N7O/c1-15-4-2-3-5-18(15)28-14-17(12-23-28)21(29)26-9-6-16(7-10-26)20-25-24-19-13-22-8-11-27(19)20/h2-5,12,14,16,22H,6-11,13H2,1H3. The van der Waals surface area contributed by atoms with Gasteiger partial charge in [-0.15, -0.1) is 10.2 Å². The Hall–Kier alpha value is -3.00. The summed E-state index contributed by atoms with van der Waals surface area (Å²) in [4.78, 5) is 14.9. The molecule has 5 rings (SSSR count). The number of para-hydroxylation sites is 1. The van der Waals surface area contributed by atoms with Gasteiger partial charge in [0.2, 0.25) is 0 Å². The Bertz CT molecular complexity index is 1030. The highest BCUT2D eigenvalue weighted by Gasteiger charge is 2.29. The summed E-state index contributed by atoms with van der Waals surface area (Å²) < 4.78 is 4.04. The maximum atomic E-state index is 13.0. The van der Waals surface area contributed by atoms with Gasteiger partial charge in [-0.2, -0.15) is 5.10 Å². The van der Waals surface area contributed by atoms with Crippen molar-refractivity contribution in [1.29, 1.82) is 0 Å². The van der Waals surface area contributed by atoms with Gasteiger partial charge < -0.3 is 14.8 Å². The number of rotatable bonds is 3. The minimum atomic E-state index is 0.0516. The largest absolute Gasteiger partial charge is 0.339 e. The highest BCUT2D eigenvalue weighted by molar-refractivity contribution is 5.93. The van der Waals surface area contributed by atoms with Crippen LogP contribution in [0.1, 0.15) is 46.3 Å². The number of fused-ring (bicyclic) bond motifs is 1. The molecule has 3 aromatic rings. The van der Waals surface area contributed by atoms with Crippen LogP contribution in [-0.4, -0.2) is 55.0 Å². The quantitative estimate of drug-likeness (QED) is 0.738. The number of carbonyl (C=O) groups excluding carboxylic acids is 1. The Morgan fingerprint density at radius 3 is 2.79 bits per heavy atom. The van der Waals surface area contributed by atoms with Crippen LogP contribution in [0.5, 0.6) is 0 Å². The first kappa shape index (κ1) is 18.1. The fourth-order valence-corrected chi connectivity index (χ4v) is 4.33. The summed E-state index contributed by atoms with van der Waals surface area (Å²) in [7, 11) is 0. The maximum Gasteiger partial charge on any atom is 0.257 e. The maximum absolute atomic E-state index is 13.0. The lowest BCUT2D eigenvalue weighted by atomic mass is 9.95. The van der Waals surface area contributed by atoms with Crippen LogP contribution in [0.4, 0.5) is 0 Å². The minimum Gasteiger partial charge on any atom is -0.339 e. The Kier molecular flexibility index (Phi) is 4.63. The molecule has 2 aliphatic rings. The summed E-state index contributed by atoms with van der Waals surface area (Å²) >= 11 is 0. The molecule has 0 saturated carbocycles. The number of benzene rings is 1. The van der Waals surface area contributed by atoms with E-state index >= 15 is 0 Å². The summed E-state index contributed by atoms with van der Waals surface area (Å²) in [5.74, 6) is 2.53. The van der Waals surface area contributed by atoms with Gasteiger partial charge in [-0.25, -0.2) is 4.68 Å². The van der Waals surface area contributed by atoms with Gasteiger partial charge in [0.05, 0.1) is 24.0 Å². The summed E-state index contributed by atoms with van der Waals surface area (Å²) in [6, 6.07) is 8.04. The third-order valence-corrected chi connectivity index (χ3v) is 5.99. The molecule has 29 heavy (non-hydrogen) atoms. The predicted octanol–water partition coefficient (Wildman–Crippen LogP) is 1.90. The first-order valence-electron chi connectivity index (χ1n) is 10.2. The van der Waals surface area contributed by atoms with Gasteiger partial charge in [0.25, 0.3) is 5.91 Å². The third-order valence-electron chi connectivity index (χ3n) is 5.99. The molecule has 1 amide bonds. The fraction of sp³-hybridized carbons (Fsp3) is 0.429. The van der Waals surface area contributed by atoms with E-state index in [4.69, 9.17) is 0 Å². The van der Waals surface area contributed by atoms with Crippen molar-refractivity contribution in [2.24, 2.45) is 0 Å². The highest BCUT2D eigenvalue weighted by atomic mass is 16.2. The van der Waals surface area contributed by atoms with Crippen molar-refractivity contribution in [3.8, 4) is 5.69 Å². The monoisotopic (exact) mass is 391 g/mol. The molecule has 4 heterocycles. The number of hydrogen-bond donors (Lipinski definition) is 1. The van der Waals surface area contributed by atoms with E-state index in [0.29, 0.717) is 11.5 Å². The number of piperidine rings is 1.